The zero-order valence-corrected chi connectivity index (χ0v) is 52.0. The second kappa shape index (κ2) is 67.1. The molecule has 0 bridgehead atoms. The van der Waals surface area contributed by atoms with Crippen LogP contribution in [0.3, 0.4) is 0 Å². The summed E-state index contributed by atoms with van der Waals surface area (Å²) < 4.78 is 16.9. The maximum Gasteiger partial charge on any atom is 0.306 e. The minimum atomic E-state index is -0.810. The van der Waals surface area contributed by atoms with E-state index < -0.39 is 6.10 Å². The fourth-order valence-electron chi connectivity index (χ4n) is 8.96. The van der Waals surface area contributed by atoms with Crippen LogP contribution in [0.15, 0.2) is 134 Å². The zero-order valence-electron chi connectivity index (χ0n) is 52.0. The van der Waals surface area contributed by atoms with Crippen LogP contribution in [0.25, 0.3) is 0 Å². The molecule has 0 aromatic carbocycles. The summed E-state index contributed by atoms with van der Waals surface area (Å²) in [5.41, 5.74) is 0. The first kappa shape index (κ1) is 75.5. The van der Waals surface area contributed by atoms with E-state index in [1.54, 1.807) is 0 Å². The molecule has 1 atom stereocenters. The maximum absolute atomic E-state index is 12.9. The third-order valence-electron chi connectivity index (χ3n) is 13.9. The SMILES string of the molecule is CC/C=C\C/C=C\C/C=C\C/C=C\C/C=C\C/C=C\CCCCC(=O)OC(COC(=O)CCCCCCC/C=C\CCCCCCC)COC(=O)CCCCCCCCCCCCCCCC/C=C\C/C=C\C/C=C\C/C=C\CC. The van der Waals surface area contributed by atoms with Crippen LogP contribution in [0.4, 0.5) is 0 Å². The normalized spacial score (nSPS) is 13.0. The van der Waals surface area contributed by atoms with E-state index in [1.165, 1.54) is 122 Å². The minimum absolute atomic E-state index is 0.101. The fourth-order valence-corrected chi connectivity index (χ4v) is 8.96. The molecule has 0 saturated heterocycles. The van der Waals surface area contributed by atoms with E-state index in [0.29, 0.717) is 19.3 Å². The zero-order chi connectivity index (χ0) is 57.8. The van der Waals surface area contributed by atoms with Crippen LogP contribution >= 0.6 is 0 Å². The van der Waals surface area contributed by atoms with Gasteiger partial charge in [-0.1, -0.05) is 276 Å². The molecule has 0 aliphatic rings. The molecule has 0 fully saturated rings. The average Bonchev–Trinajstić information content (AvgIpc) is 3.46. The Morgan fingerprint density at radius 2 is 0.487 bits per heavy atom. The summed E-state index contributed by atoms with van der Waals surface area (Å²) in [4.78, 5) is 38.4. The van der Waals surface area contributed by atoms with Gasteiger partial charge in [0.1, 0.15) is 13.2 Å². The van der Waals surface area contributed by atoms with Crippen molar-refractivity contribution in [1.82, 2.24) is 0 Å². The van der Waals surface area contributed by atoms with E-state index in [2.05, 4.69) is 154 Å². The highest BCUT2D eigenvalue weighted by atomic mass is 16.6. The van der Waals surface area contributed by atoms with Crippen molar-refractivity contribution >= 4 is 17.9 Å². The van der Waals surface area contributed by atoms with Crippen LogP contribution in [0.1, 0.15) is 297 Å². The minimum Gasteiger partial charge on any atom is -0.462 e. The molecule has 0 aliphatic carbocycles. The molecule has 0 spiro atoms. The van der Waals surface area contributed by atoms with E-state index in [1.807, 2.05) is 0 Å². The van der Waals surface area contributed by atoms with Crippen molar-refractivity contribution < 1.29 is 28.6 Å². The molecule has 0 aromatic heterocycles. The molecule has 0 rings (SSSR count). The lowest BCUT2D eigenvalue weighted by Crippen LogP contribution is -2.30. The number of carbonyl (C=O) groups is 3. The Kier molecular flexibility index (Phi) is 63.3. The maximum atomic E-state index is 12.9. The Labute approximate surface area is 494 Å². The van der Waals surface area contributed by atoms with Gasteiger partial charge in [-0.15, -0.1) is 0 Å². The number of hydrogen-bond acceptors (Lipinski definition) is 6. The van der Waals surface area contributed by atoms with Crippen molar-refractivity contribution in [2.75, 3.05) is 13.2 Å². The van der Waals surface area contributed by atoms with Gasteiger partial charge in [0.15, 0.2) is 6.10 Å². The molecule has 0 radical (unpaired) electrons. The summed E-state index contributed by atoms with van der Waals surface area (Å²) in [6.07, 6.45) is 94.6. The van der Waals surface area contributed by atoms with Crippen LogP contribution in [0, 0.1) is 0 Å². The van der Waals surface area contributed by atoms with E-state index in [0.717, 1.165) is 128 Å². The largest absolute Gasteiger partial charge is 0.462 e. The lowest BCUT2D eigenvalue weighted by molar-refractivity contribution is -0.167. The summed E-state index contributed by atoms with van der Waals surface area (Å²) in [7, 11) is 0. The first-order valence-electron chi connectivity index (χ1n) is 33.2. The lowest BCUT2D eigenvalue weighted by Gasteiger charge is -2.18. The van der Waals surface area contributed by atoms with Crippen LogP contribution in [-0.2, 0) is 28.6 Å². The van der Waals surface area contributed by atoms with Gasteiger partial charge in [0.05, 0.1) is 0 Å². The van der Waals surface area contributed by atoms with Gasteiger partial charge in [0, 0.05) is 19.3 Å². The summed E-state index contributed by atoms with van der Waals surface area (Å²) in [5.74, 6) is -0.949. The fraction of sp³-hybridized carbons (Fsp3) is 0.662. The third-order valence-corrected chi connectivity index (χ3v) is 13.9. The Morgan fingerprint density at radius 3 is 0.800 bits per heavy atom. The highest BCUT2D eigenvalue weighted by Gasteiger charge is 2.19. The second-order valence-electron chi connectivity index (χ2n) is 21.6. The average molecular weight is 1110 g/mol. The van der Waals surface area contributed by atoms with Gasteiger partial charge < -0.3 is 14.2 Å². The Balaban J connectivity index is 4.39. The van der Waals surface area contributed by atoms with Crippen molar-refractivity contribution in [2.24, 2.45) is 0 Å². The van der Waals surface area contributed by atoms with E-state index in [9.17, 15) is 14.4 Å². The lowest BCUT2D eigenvalue weighted by atomic mass is 10.0. The van der Waals surface area contributed by atoms with Crippen LogP contribution in [-0.4, -0.2) is 37.2 Å². The summed E-state index contributed by atoms with van der Waals surface area (Å²) in [5, 5.41) is 0. The predicted molar refractivity (Wildman–Crippen MR) is 348 cm³/mol. The van der Waals surface area contributed by atoms with Crippen LogP contribution in [0.2, 0.25) is 0 Å². The number of unbranched alkanes of at least 4 members (excludes halogenated alkanes) is 26. The number of carbonyl (C=O) groups excluding carboxylic acids is 3. The number of ether oxygens (including phenoxy) is 3. The molecule has 0 aromatic rings. The van der Waals surface area contributed by atoms with Gasteiger partial charge in [0.2, 0.25) is 0 Å². The van der Waals surface area contributed by atoms with Gasteiger partial charge in [-0.25, -0.2) is 0 Å². The van der Waals surface area contributed by atoms with E-state index >= 15 is 0 Å². The molecule has 0 saturated carbocycles. The Morgan fingerprint density at radius 1 is 0.263 bits per heavy atom. The molecular formula is C74H122O6. The molecule has 0 heterocycles. The molecular weight excluding hydrogens is 985 g/mol. The first-order valence-corrected chi connectivity index (χ1v) is 33.2. The third kappa shape index (κ3) is 64.4. The number of allylic oxidation sites excluding steroid dienone is 22. The topological polar surface area (TPSA) is 78.9 Å². The number of esters is 3. The quantitative estimate of drug-likeness (QED) is 0.0261. The molecule has 0 amide bonds. The van der Waals surface area contributed by atoms with E-state index in [4.69, 9.17) is 14.2 Å². The smallest absolute Gasteiger partial charge is 0.306 e. The Bertz CT molecular complexity index is 1700. The molecule has 0 aliphatic heterocycles. The highest BCUT2D eigenvalue weighted by molar-refractivity contribution is 5.71. The van der Waals surface area contributed by atoms with Crippen molar-refractivity contribution in [3.8, 4) is 0 Å². The molecule has 1 unspecified atom stereocenters. The standard InChI is InChI=1S/C74H122O6/c1-4-7-10-13-16-19-22-25-28-30-32-34-35-36-37-38-39-41-42-44-46-49-52-55-58-61-64-67-73(76)79-70-71(69-78-72(75)66-63-60-57-54-51-48-27-24-21-18-15-12-9-6-3)80-74(77)68-65-62-59-56-53-50-47-45-43-40-33-31-29-26-23-20-17-14-11-8-5-2/h7-8,10-11,16-17,19-20,24-29,32-34,40,45,47,53,56,71H,4-6,9,12-15,18,21-23,30-31,35-39,41-44,46,48-52,54-55,57-70H2,1-3H3/b10-7-,11-8-,19-16-,20-17-,27-24-,28-25-,29-26-,34-32-,40-33-,47-45-,56-53-. The molecule has 80 heavy (non-hydrogen) atoms. The van der Waals surface area contributed by atoms with Crippen molar-refractivity contribution in [3.05, 3.63) is 134 Å². The van der Waals surface area contributed by atoms with E-state index in [-0.39, 0.29) is 37.5 Å². The molecule has 6 heteroatoms. The monoisotopic (exact) mass is 1110 g/mol. The van der Waals surface area contributed by atoms with Crippen LogP contribution < -0.4 is 0 Å². The van der Waals surface area contributed by atoms with Gasteiger partial charge in [-0.05, 0) is 135 Å². The summed E-state index contributed by atoms with van der Waals surface area (Å²) in [6.45, 7) is 6.38. The number of rotatable bonds is 59. The van der Waals surface area contributed by atoms with Crippen molar-refractivity contribution in [2.45, 2.75) is 303 Å². The predicted octanol–water partition coefficient (Wildman–Crippen LogP) is 22.9. The summed E-state index contributed by atoms with van der Waals surface area (Å²) >= 11 is 0. The summed E-state index contributed by atoms with van der Waals surface area (Å²) in [6, 6.07) is 0. The molecule has 454 valence electrons. The second-order valence-corrected chi connectivity index (χ2v) is 21.6. The number of hydrogen-bond donors (Lipinski definition) is 0. The first-order chi connectivity index (χ1) is 39.5. The molecule has 0 N–H and O–H groups in total. The molecule has 6 nitrogen and oxygen atoms in total. The van der Waals surface area contributed by atoms with Crippen molar-refractivity contribution in [3.63, 3.8) is 0 Å². The van der Waals surface area contributed by atoms with Crippen LogP contribution in [0.5, 0.6) is 0 Å². The van der Waals surface area contributed by atoms with Gasteiger partial charge in [0.25, 0.3) is 0 Å². The van der Waals surface area contributed by atoms with Gasteiger partial charge >= 0.3 is 17.9 Å². The van der Waals surface area contributed by atoms with Gasteiger partial charge in [-0.2, -0.15) is 0 Å². The Hall–Kier alpha value is -4.45. The van der Waals surface area contributed by atoms with Crippen molar-refractivity contribution in [1.29, 1.82) is 0 Å². The van der Waals surface area contributed by atoms with Gasteiger partial charge in [-0.3, -0.25) is 14.4 Å². The highest BCUT2D eigenvalue weighted by Crippen LogP contribution is 2.16.